The Morgan fingerprint density at radius 1 is 0.697 bits per heavy atom. The van der Waals surface area contributed by atoms with Crippen molar-refractivity contribution in [3.05, 3.63) is 94.1 Å². The van der Waals surface area contributed by atoms with Gasteiger partial charge in [-0.05, 0) is 54.5 Å². The molecular formula is C23H18F6O4. The summed E-state index contributed by atoms with van der Waals surface area (Å²) >= 11 is 0. The van der Waals surface area contributed by atoms with E-state index in [2.05, 4.69) is 0 Å². The summed E-state index contributed by atoms with van der Waals surface area (Å²) in [6, 6.07) is 6.77. The second-order valence-corrected chi connectivity index (χ2v) is 7.80. The maximum Gasteiger partial charge on any atom is 0.416 e. The van der Waals surface area contributed by atoms with Crippen LogP contribution in [-0.2, 0) is 17.1 Å². The number of hydrogen-bond donors (Lipinski definition) is 3. The number of aliphatic hydroxyl groups excluding tert-OH is 2. The molecule has 0 aliphatic heterocycles. The third kappa shape index (κ3) is 5.35. The summed E-state index contributed by atoms with van der Waals surface area (Å²) in [5, 5.41) is 31.7. The molecule has 0 amide bonds. The molecule has 0 unspecified atom stereocenters. The Bertz CT molecular complexity index is 1010. The van der Waals surface area contributed by atoms with Crippen LogP contribution in [0.2, 0.25) is 0 Å². The van der Waals surface area contributed by atoms with Gasteiger partial charge in [0.15, 0.2) is 5.78 Å². The molecule has 33 heavy (non-hydrogen) atoms. The van der Waals surface area contributed by atoms with E-state index in [1.54, 1.807) is 0 Å². The molecule has 0 saturated heterocycles. The van der Waals surface area contributed by atoms with Gasteiger partial charge in [0.2, 0.25) is 0 Å². The zero-order valence-electron chi connectivity index (χ0n) is 16.9. The number of halogens is 6. The lowest BCUT2D eigenvalue weighted by molar-refractivity contribution is -0.138. The second kappa shape index (κ2) is 8.44. The van der Waals surface area contributed by atoms with Crippen molar-refractivity contribution in [1.82, 2.24) is 0 Å². The fraction of sp³-hybridized carbons (Fsp3) is 0.261. The van der Waals surface area contributed by atoms with E-state index in [1.165, 1.54) is 6.92 Å². The molecule has 0 spiro atoms. The number of alkyl halides is 6. The van der Waals surface area contributed by atoms with Crippen molar-refractivity contribution in [3.63, 3.8) is 0 Å². The van der Waals surface area contributed by atoms with Crippen LogP contribution in [0.5, 0.6) is 0 Å². The summed E-state index contributed by atoms with van der Waals surface area (Å²) in [5.41, 5.74) is -4.70. The number of ketones is 1. The first-order chi connectivity index (χ1) is 15.1. The standard InChI is InChI=1S/C23H18F6O4/c1-21(33)10-16(18(30)12-2-6-14(7-3-12)22(24,25)26)20(32)17(11-21)19(31)13-4-8-15(9-5-13)23(27,28)29/h2-11,18-19,30-31,33H,1H3/t18-,19-/m0/s1. The minimum absolute atomic E-state index is 0.0660. The van der Waals surface area contributed by atoms with Gasteiger partial charge in [-0.1, -0.05) is 24.3 Å². The van der Waals surface area contributed by atoms with E-state index in [0.29, 0.717) is 0 Å². The Morgan fingerprint density at radius 2 is 1.00 bits per heavy atom. The van der Waals surface area contributed by atoms with Gasteiger partial charge in [-0.15, -0.1) is 0 Å². The molecule has 3 N–H and O–H groups in total. The molecule has 0 saturated carbocycles. The molecular weight excluding hydrogens is 454 g/mol. The summed E-state index contributed by atoms with van der Waals surface area (Å²) in [6.45, 7) is 1.23. The van der Waals surface area contributed by atoms with Crippen LogP contribution in [-0.4, -0.2) is 26.7 Å². The highest BCUT2D eigenvalue weighted by Crippen LogP contribution is 2.38. The monoisotopic (exact) mass is 472 g/mol. The van der Waals surface area contributed by atoms with E-state index in [0.717, 1.165) is 60.7 Å². The predicted octanol–water partition coefficient (Wildman–Crippen LogP) is 4.68. The lowest BCUT2D eigenvalue weighted by atomic mass is 9.81. The fourth-order valence-electron chi connectivity index (χ4n) is 3.44. The molecule has 3 rings (SSSR count). The zero-order valence-corrected chi connectivity index (χ0v) is 16.9. The van der Waals surface area contributed by atoms with Crippen LogP contribution in [0.1, 0.15) is 41.4 Å². The number of carbonyl (C=O) groups is 1. The van der Waals surface area contributed by atoms with Crippen molar-refractivity contribution in [2.45, 2.75) is 37.1 Å². The van der Waals surface area contributed by atoms with Gasteiger partial charge in [-0.2, -0.15) is 26.3 Å². The number of hydrogen-bond acceptors (Lipinski definition) is 4. The van der Waals surface area contributed by atoms with Crippen LogP contribution >= 0.6 is 0 Å². The van der Waals surface area contributed by atoms with Gasteiger partial charge in [0.05, 0.1) is 16.7 Å². The van der Waals surface area contributed by atoms with Crippen molar-refractivity contribution in [2.75, 3.05) is 0 Å². The Hall–Kier alpha value is -2.95. The van der Waals surface area contributed by atoms with E-state index >= 15 is 0 Å². The van der Waals surface area contributed by atoms with E-state index in [9.17, 15) is 46.5 Å². The molecule has 2 atom stereocenters. The molecule has 1 aliphatic rings. The van der Waals surface area contributed by atoms with Gasteiger partial charge in [-0.25, -0.2) is 0 Å². The van der Waals surface area contributed by atoms with Crippen LogP contribution in [0, 0.1) is 0 Å². The molecule has 0 bridgehead atoms. The van der Waals surface area contributed by atoms with Gasteiger partial charge in [0.25, 0.3) is 0 Å². The Kier molecular flexibility index (Phi) is 6.31. The summed E-state index contributed by atoms with van der Waals surface area (Å²) in [4.78, 5) is 13.0. The second-order valence-electron chi connectivity index (χ2n) is 7.80. The highest BCUT2D eigenvalue weighted by molar-refractivity contribution is 6.11. The first-order valence-corrected chi connectivity index (χ1v) is 9.53. The Labute approximate surface area is 184 Å². The lowest BCUT2D eigenvalue weighted by Crippen LogP contribution is -2.31. The highest BCUT2D eigenvalue weighted by atomic mass is 19.4. The number of rotatable bonds is 4. The van der Waals surface area contributed by atoms with Gasteiger partial charge in [-0.3, -0.25) is 4.79 Å². The predicted molar refractivity (Wildman–Crippen MR) is 105 cm³/mol. The summed E-state index contributed by atoms with van der Waals surface area (Å²) in [5.74, 6) is -0.915. The summed E-state index contributed by atoms with van der Waals surface area (Å²) in [6.07, 6.45) is -10.7. The van der Waals surface area contributed by atoms with Crippen molar-refractivity contribution in [2.24, 2.45) is 0 Å². The van der Waals surface area contributed by atoms with Crippen LogP contribution in [0.3, 0.4) is 0 Å². The molecule has 4 nitrogen and oxygen atoms in total. The number of Topliss-reactive ketones (excluding diaryl/α,β-unsaturated/α-hetero) is 1. The van der Waals surface area contributed by atoms with Gasteiger partial charge < -0.3 is 15.3 Å². The zero-order chi connectivity index (χ0) is 24.8. The van der Waals surface area contributed by atoms with Crippen LogP contribution < -0.4 is 0 Å². The first-order valence-electron chi connectivity index (χ1n) is 9.53. The van der Waals surface area contributed by atoms with Gasteiger partial charge in [0.1, 0.15) is 12.2 Å². The average Bonchev–Trinajstić information content (AvgIpc) is 2.73. The van der Waals surface area contributed by atoms with Gasteiger partial charge in [0, 0.05) is 11.1 Å². The highest BCUT2D eigenvalue weighted by Gasteiger charge is 2.37. The van der Waals surface area contributed by atoms with Crippen molar-refractivity contribution in [1.29, 1.82) is 0 Å². The number of carbonyl (C=O) groups excluding carboxylic acids is 1. The lowest BCUT2D eigenvalue weighted by Gasteiger charge is -2.29. The van der Waals surface area contributed by atoms with Crippen molar-refractivity contribution < 1.29 is 46.5 Å². The Balaban J connectivity index is 1.91. The van der Waals surface area contributed by atoms with Crippen LogP contribution in [0.25, 0.3) is 0 Å². The minimum atomic E-state index is -4.60. The van der Waals surface area contributed by atoms with E-state index in [1.807, 2.05) is 0 Å². The summed E-state index contributed by atoms with van der Waals surface area (Å²) in [7, 11) is 0. The topological polar surface area (TPSA) is 77.8 Å². The molecule has 176 valence electrons. The molecule has 0 radical (unpaired) electrons. The minimum Gasteiger partial charge on any atom is -0.384 e. The molecule has 2 aromatic rings. The normalized spacial score (nSPS) is 18.4. The van der Waals surface area contributed by atoms with E-state index in [4.69, 9.17) is 0 Å². The molecule has 0 heterocycles. The third-order valence-electron chi connectivity index (χ3n) is 5.12. The quantitative estimate of drug-likeness (QED) is 0.565. The van der Waals surface area contributed by atoms with Crippen LogP contribution in [0.15, 0.2) is 71.8 Å². The fourth-order valence-corrected chi connectivity index (χ4v) is 3.44. The first kappa shape index (κ1) is 24.7. The number of aliphatic hydroxyl groups is 3. The van der Waals surface area contributed by atoms with E-state index in [-0.39, 0.29) is 11.1 Å². The molecule has 1 aliphatic carbocycles. The Morgan fingerprint density at radius 3 is 1.27 bits per heavy atom. The third-order valence-corrected chi connectivity index (χ3v) is 5.12. The van der Waals surface area contributed by atoms with E-state index < -0.39 is 58.2 Å². The molecule has 0 aromatic heterocycles. The molecule has 0 fully saturated rings. The molecule has 10 heteroatoms. The number of benzene rings is 2. The average molecular weight is 472 g/mol. The SMILES string of the molecule is CC1(O)C=C([C@@H](O)c2ccc(C(F)(F)F)cc2)C(=O)C([C@@H](O)c2ccc(C(F)(F)F)cc2)=C1. The van der Waals surface area contributed by atoms with Crippen molar-refractivity contribution in [3.8, 4) is 0 Å². The maximum absolute atomic E-state index is 13.0. The smallest absolute Gasteiger partial charge is 0.384 e. The largest absolute Gasteiger partial charge is 0.416 e. The maximum atomic E-state index is 13.0. The van der Waals surface area contributed by atoms with Crippen molar-refractivity contribution >= 4 is 5.78 Å². The van der Waals surface area contributed by atoms with Crippen LogP contribution in [0.4, 0.5) is 26.3 Å². The summed E-state index contributed by atoms with van der Waals surface area (Å²) < 4.78 is 76.6. The molecule has 2 aromatic carbocycles. The van der Waals surface area contributed by atoms with Gasteiger partial charge >= 0.3 is 12.4 Å².